The molecular formula is C32H33F6N7OS. The van der Waals surface area contributed by atoms with Gasteiger partial charge in [-0.15, -0.1) is 0 Å². The van der Waals surface area contributed by atoms with Crippen LogP contribution in [0, 0.1) is 11.6 Å². The number of piperazine rings is 1. The number of ether oxygens (including phenoxy) is 1. The van der Waals surface area contributed by atoms with Crippen molar-refractivity contribution in [2.45, 2.75) is 69.0 Å². The van der Waals surface area contributed by atoms with Crippen molar-refractivity contribution < 1.29 is 31.1 Å². The van der Waals surface area contributed by atoms with Crippen LogP contribution in [0.15, 0.2) is 18.2 Å². The van der Waals surface area contributed by atoms with Crippen LogP contribution in [0.5, 0.6) is 6.01 Å². The number of likely N-dealkylation sites (N-methyl/N-ethyl adjacent to an activating group) is 1. The van der Waals surface area contributed by atoms with E-state index in [9.17, 15) is 22.0 Å². The first-order valence-corrected chi connectivity index (χ1v) is 16.8. The summed E-state index contributed by atoms with van der Waals surface area (Å²) in [5.74, 6) is -1.81. The Morgan fingerprint density at radius 1 is 1.06 bits per heavy atom. The van der Waals surface area contributed by atoms with E-state index in [0.29, 0.717) is 26.1 Å². The number of thiazole rings is 1. The third-order valence-corrected chi connectivity index (χ3v) is 11.4. The van der Waals surface area contributed by atoms with Gasteiger partial charge in [-0.2, -0.15) is 23.1 Å². The van der Waals surface area contributed by atoms with Crippen molar-refractivity contribution in [3.05, 3.63) is 35.4 Å². The minimum absolute atomic E-state index is 0.0648. The lowest BCUT2D eigenvalue weighted by Gasteiger charge is -2.41. The van der Waals surface area contributed by atoms with Crippen molar-refractivity contribution in [2.75, 3.05) is 50.0 Å². The lowest BCUT2D eigenvalue weighted by atomic mass is 9.94. The number of hydrogen-bond donors (Lipinski definition) is 1. The third-order valence-electron chi connectivity index (χ3n) is 10.5. The highest BCUT2D eigenvalue weighted by molar-refractivity contribution is 7.22. The van der Waals surface area contributed by atoms with Crippen molar-refractivity contribution in [2.24, 2.45) is 0 Å². The molecule has 0 spiro atoms. The van der Waals surface area contributed by atoms with Crippen molar-refractivity contribution in [1.29, 1.82) is 0 Å². The molecule has 0 unspecified atom stereocenters. The summed E-state index contributed by atoms with van der Waals surface area (Å²) in [6.45, 7) is 5.04. The molecule has 4 aliphatic heterocycles. The summed E-state index contributed by atoms with van der Waals surface area (Å²) in [5, 5.41) is -0.165. The zero-order chi connectivity index (χ0) is 32.8. The largest absolute Gasteiger partial charge is 0.461 e. The molecule has 2 bridgehead atoms. The van der Waals surface area contributed by atoms with Crippen LogP contribution in [0.3, 0.4) is 0 Å². The Labute approximate surface area is 270 Å². The van der Waals surface area contributed by atoms with E-state index < -0.39 is 40.6 Å². The Hall–Kier alpha value is -3.43. The van der Waals surface area contributed by atoms with Crippen LogP contribution in [0.25, 0.3) is 32.2 Å². The number of halogens is 6. The number of nitrogen functional groups attached to an aromatic ring is 1. The number of anilines is 2. The normalized spacial score (nSPS) is 26.6. The summed E-state index contributed by atoms with van der Waals surface area (Å²) in [4.78, 5) is 19.5. The maximum Gasteiger partial charge on any atom is 0.417 e. The summed E-state index contributed by atoms with van der Waals surface area (Å²) in [7, 11) is 0. The van der Waals surface area contributed by atoms with E-state index in [-0.39, 0.29) is 62.3 Å². The highest BCUT2D eigenvalue weighted by Crippen LogP contribution is 2.47. The van der Waals surface area contributed by atoms with Crippen molar-refractivity contribution >= 4 is 43.4 Å². The molecule has 4 atom stereocenters. The summed E-state index contributed by atoms with van der Waals surface area (Å²) in [6.07, 6.45) is -2.21. The van der Waals surface area contributed by atoms with Crippen molar-refractivity contribution in [1.82, 2.24) is 24.8 Å². The monoisotopic (exact) mass is 677 g/mol. The molecule has 6 heterocycles. The van der Waals surface area contributed by atoms with Gasteiger partial charge in [0.05, 0.1) is 21.3 Å². The number of fused-ring (bicyclic) bond motifs is 5. The van der Waals surface area contributed by atoms with Crippen LogP contribution in [-0.4, -0.2) is 87.9 Å². The first-order chi connectivity index (χ1) is 22.5. The molecule has 8 nitrogen and oxygen atoms in total. The standard InChI is InChI=1S/C32H33F6N7OS/c1-2-45-17-4-5-18(45)14-43(13-17)28-20-10-21(32(36,37)38)23(19-6-7-22(34)27-26(19)40-29(39)47-27)24(35)25(20)41-30(42-28)46-15-31-8-3-9-44(31)12-16(33)11-31/h6-7,10,16-18H,2-5,8-9,11-15H2,1H3,(H2,39,40)/t16-,17-,18+,31+/m1/s1. The molecule has 0 amide bonds. The molecule has 4 fully saturated rings. The van der Waals surface area contributed by atoms with Gasteiger partial charge in [-0.25, -0.2) is 18.2 Å². The number of benzene rings is 2. The highest BCUT2D eigenvalue weighted by Gasteiger charge is 2.49. The zero-order valence-electron chi connectivity index (χ0n) is 25.6. The van der Waals surface area contributed by atoms with Crippen LogP contribution in [0.2, 0.25) is 0 Å². The summed E-state index contributed by atoms with van der Waals surface area (Å²) < 4.78 is 96.7. The maximum atomic E-state index is 16.9. The van der Waals surface area contributed by atoms with Crippen molar-refractivity contribution in [3.8, 4) is 17.1 Å². The van der Waals surface area contributed by atoms with E-state index in [4.69, 9.17) is 10.5 Å². The number of nitrogens with two attached hydrogens (primary N) is 1. The molecule has 4 aliphatic rings. The molecule has 0 radical (unpaired) electrons. The van der Waals surface area contributed by atoms with Crippen molar-refractivity contribution in [3.63, 3.8) is 0 Å². The van der Waals surface area contributed by atoms with Gasteiger partial charge in [-0.05, 0) is 57.0 Å². The number of nitrogens with zero attached hydrogens (tertiary/aromatic N) is 6. The Kier molecular flexibility index (Phi) is 7.26. The predicted octanol–water partition coefficient (Wildman–Crippen LogP) is 6.41. The predicted molar refractivity (Wildman–Crippen MR) is 167 cm³/mol. The minimum Gasteiger partial charge on any atom is -0.461 e. The average molecular weight is 678 g/mol. The molecule has 8 rings (SSSR count). The molecule has 47 heavy (non-hydrogen) atoms. The molecule has 2 aromatic heterocycles. The molecule has 0 aliphatic carbocycles. The van der Waals surface area contributed by atoms with E-state index in [2.05, 4.69) is 31.7 Å². The van der Waals surface area contributed by atoms with Gasteiger partial charge in [0.15, 0.2) is 10.9 Å². The Morgan fingerprint density at radius 3 is 2.55 bits per heavy atom. The molecular weight excluding hydrogens is 644 g/mol. The summed E-state index contributed by atoms with van der Waals surface area (Å²) in [6, 6.07) is 3.11. The molecule has 4 saturated heterocycles. The van der Waals surface area contributed by atoms with Crippen LogP contribution in [-0.2, 0) is 6.18 Å². The van der Waals surface area contributed by atoms with E-state index in [1.807, 2.05) is 4.90 Å². The van der Waals surface area contributed by atoms with Crippen LogP contribution >= 0.6 is 11.3 Å². The molecule has 2 aromatic carbocycles. The van der Waals surface area contributed by atoms with Crippen LogP contribution in [0.4, 0.5) is 37.3 Å². The summed E-state index contributed by atoms with van der Waals surface area (Å²) in [5.41, 5.74) is 2.44. The Bertz CT molecular complexity index is 1870. The van der Waals surface area contributed by atoms with Gasteiger partial charge in [-0.1, -0.05) is 18.3 Å². The number of rotatable bonds is 6. The zero-order valence-corrected chi connectivity index (χ0v) is 26.4. The lowest BCUT2D eigenvalue weighted by molar-refractivity contribution is -0.137. The lowest BCUT2D eigenvalue weighted by Crippen LogP contribution is -2.53. The topological polar surface area (TPSA) is 83.6 Å². The van der Waals surface area contributed by atoms with Gasteiger partial charge >= 0.3 is 12.2 Å². The van der Waals surface area contributed by atoms with Gasteiger partial charge in [0, 0.05) is 54.7 Å². The van der Waals surface area contributed by atoms with Gasteiger partial charge in [0.25, 0.3) is 0 Å². The highest BCUT2D eigenvalue weighted by atomic mass is 32.1. The molecule has 15 heteroatoms. The van der Waals surface area contributed by atoms with E-state index >= 15 is 4.39 Å². The second-order valence-corrected chi connectivity index (χ2v) is 14.2. The molecule has 250 valence electrons. The Balaban J connectivity index is 1.31. The number of alkyl halides is 4. The molecule has 4 aromatic rings. The molecule has 0 saturated carbocycles. The van der Waals surface area contributed by atoms with Gasteiger partial charge in [0.2, 0.25) is 0 Å². The summed E-state index contributed by atoms with van der Waals surface area (Å²) >= 11 is 0.769. The fraction of sp³-hybridized carbons (Fsp3) is 0.531. The number of hydrogen-bond acceptors (Lipinski definition) is 9. The third kappa shape index (κ3) is 4.98. The average Bonchev–Trinajstić information content (AvgIpc) is 3.75. The molecule has 2 N–H and O–H groups in total. The van der Waals surface area contributed by atoms with E-state index in [0.717, 1.165) is 68.3 Å². The first kappa shape index (κ1) is 30.9. The first-order valence-electron chi connectivity index (χ1n) is 15.9. The van der Waals surface area contributed by atoms with Gasteiger partial charge in [0.1, 0.15) is 29.9 Å². The SMILES string of the molecule is CCN1[C@@H]2CC[C@H]1CN(c1nc(OC[C@@]34CCCN3C[C@H](F)C4)nc3c(F)c(-c4ccc(F)c5sc(N)nc45)c(C(F)(F)F)cc13)C2. The second-order valence-electron chi connectivity index (χ2n) is 13.1. The number of aromatic nitrogens is 3. The van der Waals surface area contributed by atoms with Crippen LogP contribution < -0.4 is 15.4 Å². The minimum atomic E-state index is -4.99. The Morgan fingerprint density at radius 2 is 1.83 bits per heavy atom. The fourth-order valence-electron chi connectivity index (χ4n) is 8.50. The van der Waals surface area contributed by atoms with Crippen LogP contribution in [0.1, 0.15) is 44.6 Å². The van der Waals surface area contributed by atoms with Gasteiger partial charge in [-0.3, -0.25) is 9.80 Å². The van der Waals surface area contributed by atoms with Gasteiger partial charge < -0.3 is 15.4 Å². The van der Waals surface area contributed by atoms with E-state index in [1.54, 1.807) is 0 Å². The van der Waals surface area contributed by atoms with E-state index in [1.165, 1.54) is 0 Å². The maximum absolute atomic E-state index is 16.9. The second kappa shape index (κ2) is 11.1. The quantitative estimate of drug-likeness (QED) is 0.235. The fourth-order valence-corrected chi connectivity index (χ4v) is 9.27. The smallest absolute Gasteiger partial charge is 0.417 e.